The van der Waals surface area contributed by atoms with Crippen molar-refractivity contribution < 1.29 is 13.7 Å². The molecule has 30 heavy (non-hydrogen) atoms. The number of para-hydroxylation sites is 2. The average Bonchev–Trinajstić information content (AvgIpc) is 3.51. The quantitative estimate of drug-likeness (QED) is 0.496. The Morgan fingerprint density at radius 1 is 1.07 bits per heavy atom. The molecule has 1 aliphatic carbocycles. The summed E-state index contributed by atoms with van der Waals surface area (Å²) in [5.41, 5.74) is 3.06. The third-order valence-electron chi connectivity index (χ3n) is 5.84. The molecule has 4 aromatic rings. The first-order chi connectivity index (χ1) is 14.6. The number of oxazole rings is 1. The summed E-state index contributed by atoms with van der Waals surface area (Å²) in [6.07, 6.45) is 2.71. The van der Waals surface area contributed by atoms with Crippen LogP contribution in [0.3, 0.4) is 0 Å². The maximum atomic E-state index is 13.0. The maximum Gasteiger partial charge on any atom is 0.253 e. The van der Waals surface area contributed by atoms with E-state index in [0.717, 1.165) is 35.9 Å². The van der Waals surface area contributed by atoms with Crippen molar-refractivity contribution >= 4 is 17.0 Å². The molecule has 0 saturated heterocycles. The Hall–Kier alpha value is -3.48. The predicted molar refractivity (Wildman–Crippen MR) is 111 cm³/mol. The minimum atomic E-state index is 0.00600. The van der Waals surface area contributed by atoms with Crippen molar-refractivity contribution in [2.24, 2.45) is 0 Å². The maximum absolute atomic E-state index is 13.0. The number of hydrogen-bond donors (Lipinski definition) is 0. The summed E-state index contributed by atoms with van der Waals surface area (Å²) in [5, 5.41) is 3.88. The zero-order chi connectivity index (χ0) is 20.7. The summed E-state index contributed by atoms with van der Waals surface area (Å²) in [7, 11) is 1.86. The molecule has 0 spiro atoms. The van der Waals surface area contributed by atoms with Gasteiger partial charge in [-0.15, -0.1) is 0 Å². The van der Waals surface area contributed by atoms with E-state index in [1.54, 1.807) is 0 Å². The highest BCUT2D eigenvalue weighted by Gasteiger charge is 2.33. The standard InChI is InChI=1S/C23H22N4O3/c1-14-24-22(30-26-14)17-11-12-18(13-17)27(2)23(28)16-9-7-15(8-10-16)21-25-19-5-3-4-6-20(19)29-21/h3-10,17-18H,11-13H2,1-2H3/t17-,18+/m0/s1. The lowest BCUT2D eigenvalue weighted by molar-refractivity contribution is 0.0733. The van der Waals surface area contributed by atoms with Crippen LogP contribution >= 0.6 is 0 Å². The SMILES string of the molecule is Cc1noc([C@H]2CC[C@@H](N(C)C(=O)c3ccc(-c4nc5ccccc5o4)cc3)C2)n1. The Labute approximate surface area is 173 Å². The molecule has 0 aliphatic heterocycles. The van der Waals surface area contributed by atoms with Gasteiger partial charge in [-0.2, -0.15) is 4.98 Å². The third kappa shape index (κ3) is 3.36. The molecule has 0 unspecified atom stereocenters. The Morgan fingerprint density at radius 2 is 1.87 bits per heavy atom. The summed E-state index contributed by atoms with van der Waals surface area (Å²) < 4.78 is 11.1. The third-order valence-corrected chi connectivity index (χ3v) is 5.84. The fourth-order valence-electron chi connectivity index (χ4n) is 4.13. The van der Waals surface area contributed by atoms with Crippen LogP contribution in [0.15, 0.2) is 57.5 Å². The largest absolute Gasteiger partial charge is 0.436 e. The summed E-state index contributed by atoms with van der Waals surface area (Å²) in [6, 6.07) is 15.2. The molecule has 7 heteroatoms. The van der Waals surface area contributed by atoms with E-state index in [0.29, 0.717) is 23.2 Å². The van der Waals surface area contributed by atoms with Gasteiger partial charge >= 0.3 is 0 Å². The van der Waals surface area contributed by atoms with Gasteiger partial charge in [-0.25, -0.2) is 4.98 Å². The van der Waals surface area contributed by atoms with Crippen LogP contribution < -0.4 is 0 Å². The van der Waals surface area contributed by atoms with Crippen LogP contribution in [0, 0.1) is 6.92 Å². The number of carbonyl (C=O) groups excluding carboxylic acids is 1. The number of hydrogen-bond acceptors (Lipinski definition) is 6. The van der Waals surface area contributed by atoms with E-state index in [9.17, 15) is 4.79 Å². The Bertz CT molecular complexity index is 1160. The molecule has 0 N–H and O–H groups in total. The van der Waals surface area contributed by atoms with Gasteiger partial charge in [0.2, 0.25) is 11.8 Å². The lowest BCUT2D eigenvalue weighted by Crippen LogP contribution is -2.35. The van der Waals surface area contributed by atoms with Crippen LogP contribution in [0.5, 0.6) is 0 Å². The van der Waals surface area contributed by atoms with Gasteiger partial charge in [0, 0.05) is 30.1 Å². The smallest absolute Gasteiger partial charge is 0.253 e. The van der Waals surface area contributed by atoms with Gasteiger partial charge in [-0.05, 0) is 62.6 Å². The van der Waals surface area contributed by atoms with E-state index in [2.05, 4.69) is 15.1 Å². The van der Waals surface area contributed by atoms with Crippen LogP contribution in [0.1, 0.15) is 47.3 Å². The van der Waals surface area contributed by atoms with Crippen molar-refractivity contribution in [3.8, 4) is 11.5 Å². The first kappa shape index (κ1) is 18.5. The molecule has 1 amide bonds. The molecule has 0 bridgehead atoms. The number of aromatic nitrogens is 3. The lowest BCUT2D eigenvalue weighted by atomic mass is 10.1. The highest BCUT2D eigenvalue weighted by Crippen LogP contribution is 2.36. The highest BCUT2D eigenvalue weighted by atomic mass is 16.5. The first-order valence-corrected chi connectivity index (χ1v) is 10.1. The van der Waals surface area contributed by atoms with Crippen LogP contribution in [0.4, 0.5) is 0 Å². The predicted octanol–water partition coefficient (Wildman–Crippen LogP) is 4.59. The van der Waals surface area contributed by atoms with E-state index in [-0.39, 0.29) is 17.9 Å². The second kappa shape index (κ2) is 7.40. The molecule has 2 heterocycles. The van der Waals surface area contributed by atoms with Gasteiger partial charge in [-0.1, -0.05) is 17.3 Å². The number of aryl methyl sites for hydroxylation is 1. The molecule has 1 saturated carbocycles. The van der Waals surface area contributed by atoms with Crippen molar-refractivity contribution in [3.05, 3.63) is 65.8 Å². The van der Waals surface area contributed by atoms with Crippen molar-refractivity contribution in [1.82, 2.24) is 20.0 Å². The van der Waals surface area contributed by atoms with Crippen molar-refractivity contribution in [3.63, 3.8) is 0 Å². The van der Waals surface area contributed by atoms with Crippen LogP contribution in [-0.4, -0.2) is 39.0 Å². The Balaban J connectivity index is 1.29. The molecular formula is C23H22N4O3. The molecule has 2 aromatic heterocycles. The van der Waals surface area contributed by atoms with E-state index in [1.807, 2.05) is 67.4 Å². The monoisotopic (exact) mass is 402 g/mol. The van der Waals surface area contributed by atoms with Gasteiger partial charge in [-0.3, -0.25) is 4.79 Å². The molecule has 2 atom stereocenters. The number of nitrogens with zero attached hydrogens (tertiary/aromatic N) is 4. The van der Waals surface area contributed by atoms with Gasteiger partial charge in [0.15, 0.2) is 11.4 Å². The van der Waals surface area contributed by atoms with Gasteiger partial charge < -0.3 is 13.8 Å². The van der Waals surface area contributed by atoms with E-state index in [4.69, 9.17) is 8.94 Å². The molecule has 5 rings (SSSR count). The lowest BCUT2D eigenvalue weighted by Gasteiger charge is -2.24. The summed E-state index contributed by atoms with van der Waals surface area (Å²) in [6.45, 7) is 1.82. The molecule has 2 aromatic carbocycles. The summed E-state index contributed by atoms with van der Waals surface area (Å²) in [4.78, 5) is 23.7. The zero-order valence-corrected chi connectivity index (χ0v) is 16.9. The zero-order valence-electron chi connectivity index (χ0n) is 16.9. The fraction of sp³-hybridized carbons (Fsp3) is 0.304. The highest BCUT2D eigenvalue weighted by molar-refractivity contribution is 5.94. The number of fused-ring (bicyclic) bond motifs is 1. The van der Waals surface area contributed by atoms with Gasteiger partial charge in [0.05, 0.1) is 0 Å². The van der Waals surface area contributed by atoms with E-state index in [1.165, 1.54) is 0 Å². The first-order valence-electron chi connectivity index (χ1n) is 10.1. The summed E-state index contributed by atoms with van der Waals surface area (Å²) in [5.74, 6) is 2.10. The number of carbonyl (C=O) groups is 1. The second-order valence-corrected chi connectivity index (χ2v) is 7.82. The van der Waals surface area contributed by atoms with E-state index < -0.39 is 0 Å². The van der Waals surface area contributed by atoms with Crippen molar-refractivity contribution in [2.75, 3.05) is 7.05 Å². The number of benzene rings is 2. The van der Waals surface area contributed by atoms with Crippen molar-refractivity contribution in [1.29, 1.82) is 0 Å². The number of rotatable bonds is 4. The molecule has 0 radical (unpaired) electrons. The summed E-state index contributed by atoms with van der Waals surface area (Å²) >= 11 is 0. The fourth-order valence-corrected chi connectivity index (χ4v) is 4.13. The van der Waals surface area contributed by atoms with Crippen molar-refractivity contribution in [2.45, 2.75) is 38.1 Å². The molecule has 1 aliphatic rings. The van der Waals surface area contributed by atoms with Crippen LogP contribution in [0.25, 0.3) is 22.6 Å². The molecule has 1 fully saturated rings. The topological polar surface area (TPSA) is 85.3 Å². The van der Waals surface area contributed by atoms with Gasteiger partial charge in [0.1, 0.15) is 5.52 Å². The second-order valence-electron chi connectivity index (χ2n) is 7.82. The number of amides is 1. The molecule has 7 nitrogen and oxygen atoms in total. The minimum Gasteiger partial charge on any atom is -0.436 e. The Morgan fingerprint density at radius 3 is 2.60 bits per heavy atom. The minimum absolute atomic E-state index is 0.00600. The van der Waals surface area contributed by atoms with Gasteiger partial charge in [0.25, 0.3) is 5.91 Å². The molecular weight excluding hydrogens is 380 g/mol. The average molecular weight is 402 g/mol. The normalized spacial score (nSPS) is 18.7. The molecule has 152 valence electrons. The van der Waals surface area contributed by atoms with E-state index >= 15 is 0 Å². The van der Waals surface area contributed by atoms with Crippen LogP contribution in [-0.2, 0) is 0 Å². The van der Waals surface area contributed by atoms with Crippen LogP contribution in [0.2, 0.25) is 0 Å². The Kier molecular flexibility index (Phi) is 4.58.